The van der Waals surface area contributed by atoms with Gasteiger partial charge in [0.2, 0.25) is 0 Å². The van der Waals surface area contributed by atoms with Crippen molar-refractivity contribution in [2.24, 2.45) is 0 Å². The molecular formula is C9H15BIO6P. The summed E-state index contributed by atoms with van der Waals surface area (Å²) >= 11 is 1.75. The van der Waals surface area contributed by atoms with Gasteiger partial charge >= 0.3 is 7.60 Å². The van der Waals surface area contributed by atoms with Crippen LogP contribution < -0.4 is 0 Å². The number of hydrogen-bond acceptors (Lipinski definition) is 4. The fourth-order valence-corrected chi connectivity index (χ4v) is 2.86. The molecule has 6 nitrogen and oxygen atoms in total. The second-order valence-electron chi connectivity index (χ2n) is 4.33. The van der Waals surface area contributed by atoms with E-state index >= 15 is 0 Å². The van der Waals surface area contributed by atoms with Gasteiger partial charge in [-0.05, 0) is 13.0 Å². The Kier molecular flexibility index (Phi) is 5.86. The third kappa shape index (κ3) is 4.59. The predicted octanol–water partition coefficient (Wildman–Crippen LogP) is 1.10. The van der Waals surface area contributed by atoms with Crippen LogP contribution in [0.2, 0.25) is 0 Å². The molecule has 1 saturated heterocycles. The van der Waals surface area contributed by atoms with E-state index < -0.39 is 25.3 Å². The zero-order valence-electron chi connectivity index (χ0n) is 10.0. The summed E-state index contributed by atoms with van der Waals surface area (Å²) < 4.78 is 26.8. The molecule has 0 amide bonds. The molecule has 0 aromatic carbocycles. The molecule has 1 aliphatic rings. The van der Waals surface area contributed by atoms with Gasteiger partial charge in [-0.2, -0.15) is 0 Å². The van der Waals surface area contributed by atoms with Gasteiger partial charge in [0.1, 0.15) is 43.1 Å². The van der Waals surface area contributed by atoms with Gasteiger partial charge in [0.05, 0.1) is 5.60 Å². The van der Waals surface area contributed by atoms with Crippen LogP contribution in [0.3, 0.4) is 0 Å². The van der Waals surface area contributed by atoms with Crippen LogP contribution in [-0.2, 0) is 17.1 Å². The number of methoxy groups -OCH3 is 1. The molecule has 0 aromatic heterocycles. The van der Waals surface area contributed by atoms with Gasteiger partial charge in [-0.25, -0.2) is 0 Å². The first-order valence-electron chi connectivity index (χ1n) is 5.20. The first-order valence-corrected chi connectivity index (χ1v) is 7.76. The zero-order valence-corrected chi connectivity index (χ0v) is 13.1. The van der Waals surface area contributed by atoms with Crippen molar-refractivity contribution in [1.29, 1.82) is 0 Å². The smallest absolute Gasteiger partial charge is 0.348 e. The zero-order chi connectivity index (χ0) is 14.0. The molecular weight excluding hydrogens is 373 g/mol. The van der Waals surface area contributed by atoms with Crippen LogP contribution in [0.25, 0.3) is 0 Å². The fraction of sp³-hybridized carbons (Fsp3) is 0.778. The fourth-order valence-electron chi connectivity index (χ4n) is 1.88. The predicted molar refractivity (Wildman–Crippen MR) is 74.5 cm³/mol. The highest BCUT2D eigenvalue weighted by Gasteiger charge is 2.42. The lowest BCUT2D eigenvalue weighted by atomic mass is 9.81. The van der Waals surface area contributed by atoms with E-state index in [4.69, 9.17) is 30.2 Å². The van der Waals surface area contributed by atoms with Gasteiger partial charge < -0.3 is 22.3 Å². The molecule has 0 bridgehead atoms. The Bertz CT molecular complexity index is 361. The normalized spacial score (nSPS) is 38.2. The first kappa shape index (κ1) is 16.6. The number of hydrogen-bond donors (Lipinski definition) is 2. The Morgan fingerprint density at radius 1 is 1.61 bits per heavy atom. The van der Waals surface area contributed by atoms with Crippen molar-refractivity contribution >= 4 is 38.4 Å². The van der Waals surface area contributed by atoms with Crippen molar-refractivity contribution in [3.8, 4) is 0 Å². The van der Waals surface area contributed by atoms with Crippen LogP contribution >= 0.6 is 30.6 Å². The maximum atomic E-state index is 10.8. The number of rotatable bonds is 4. The molecule has 0 spiro atoms. The molecule has 0 aliphatic carbocycles. The van der Waals surface area contributed by atoms with Crippen LogP contribution in [0.5, 0.6) is 0 Å². The van der Waals surface area contributed by atoms with E-state index in [1.807, 2.05) is 0 Å². The van der Waals surface area contributed by atoms with E-state index in [1.165, 1.54) is 13.2 Å². The maximum Gasteiger partial charge on any atom is 0.348 e. The lowest BCUT2D eigenvalue weighted by Crippen LogP contribution is -2.53. The van der Waals surface area contributed by atoms with Crippen LogP contribution in [0.15, 0.2) is 11.9 Å². The lowest BCUT2D eigenvalue weighted by molar-refractivity contribution is -0.158. The Morgan fingerprint density at radius 2 is 2.22 bits per heavy atom. The topological polar surface area (TPSA) is 85.2 Å². The van der Waals surface area contributed by atoms with E-state index in [-0.39, 0.29) is 6.10 Å². The minimum absolute atomic E-state index is 0.314. The van der Waals surface area contributed by atoms with Crippen molar-refractivity contribution in [3.63, 3.8) is 0 Å². The molecule has 1 rings (SSSR count). The average molecular weight is 388 g/mol. The quantitative estimate of drug-likeness (QED) is 0.427. The summed E-state index contributed by atoms with van der Waals surface area (Å²) in [5.41, 5.74) is -0.897. The monoisotopic (exact) mass is 388 g/mol. The van der Waals surface area contributed by atoms with Crippen molar-refractivity contribution in [3.05, 3.63) is 11.9 Å². The van der Waals surface area contributed by atoms with Crippen LogP contribution in [0.1, 0.15) is 13.3 Å². The molecule has 18 heavy (non-hydrogen) atoms. The van der Waals surface area contributed by atoms with Crippen molar-refractivity contribution in [2.75, 3.05) is 7.11 Å². The Morgan fingerprint density at radius 3 is 2.67 bits per heavy atom. The van der Waals surface area contributed by atoms with E-state index in [2.05, 4.69) is 0 Å². The molecule has 1 heterocycles. The highest BCUT2D eigenvalue weighted by molar-refractivity contribution is 14.1. The van der Waals surface area contributed by atoms with Crippen molar-refractivity contribution in [2.45, 2.75) is 37.2 Å². The highest BCUT2D eigenvalue weighted by Crippen LogP contribution is 2.40. The molecule has 1 fully saturated rings. The first-order chi connectivity index (χ1) is 8.21. The third-order valence-corrected chi connectivity index (χ3v) is 3.90. The standard InChI is InChI=1S/C9H15BIO6P/c1-9(3-4-18(12,13)14)5-6(17-11)7(15-2)8(10)16-9/h3-4,6-8H,5H2,1-2H3,(H2,12,13,14)/b4-3+/t6-,7-,8+,9-/m1/s1. The van der Waals surface area contributed by atoms with Crippen molar-refractivity contribution < 1.29 is 26.9 Å². The van der Waals surface area contributed by atoms with E-state index in [9.17, 15) is 4.57 Å². The summed E-state index contributed by atoms with van der Waals surface area (Å²) in [5, 5.41) is 0. The summed E-state index contributed by atoms with van der Waals surface area (Å²) in [5.74, 6) is 0.817. The summed E-state index contributed by atoms with van der Waals surface area (Å²) in [6, 6.07) is -0.727. The van der Waals surface area contributed by atoms with Gasteiger partial charge in [0, 0.05) is 25.4 Å². The molecule has 4 atom stereocenters. The summed E-state index contributed by atoms with van der Waals surface area (Å²) in [6.45, 7) is 1.69. The third-order valence-electron chi connectivity index (χ3n) is 2.71. The minimum atomic E-state index is -4.22. The maximum absolute atomic E-state index is 10.8. The van der Waals surface area contributed by atoms with Gasteiger partial charge in [0.25, 0.3) is 0 Å². The van der Waals surface area contributed by atoms with E-state index in [0.717, 1.165) is 5.82 Å². The summed E-state index contributed by atoms with van der Waals surface area (Å²) in [4.78, 5) is 17.7. The Labute approximate surface area is 121 Å². The van der Waals surface area contributed by atoms with Gasteiger partial charge in [-0.3, -0.25) is 4.57 Å². The van der Waals surface area contributed by atoms with Crippen LogP contribution in [0.4, 0.5) is 0 Å². The average Bonchev–Trinajstić information content (AvgIpc) is 2.25. The second-order valence-corrected chi connectivity index (χ2v) is 6.32. The summed E-state index contributed by atoms with van der Waals surface area (Å²) in [7, 11) is 3.10. The Balaban J connectivity index is 2.86. The van der Waals surface area contributed by atoms with Gasteiger partial charge in [-0.15, -0.1) is 0 Å². The number of ether oxygens (including phenoxy) is 2. The SMILES string of the molecule is [B][C@H]1O[C@](C)(/C=C/P(=O)(O)O)C[C@@H](OI)[C@H]1OC. The van der Waals surface area contributed by atoms with E-state index in [1.54, 1.807) is 29.9 Å². The number of halogens is 1. The van der Waals surface area contributed by atoms with Crippen LogP contribution in [-0.4, -0.2) is 48.6 Å². The largest absolute Gasteiger partial charge is 0.377 e. The Hall–Kier alpha value is 0.565. The molecule has 2 radical (unpaired) electrons. The molecule has 1 aliphatic heterocycles. The van der Waals surface area contributed by atoms with Gasteiger partial charge in [0.15, 0.2) is 0 Å². The van der Waals surface area contributed by atoms with Crippen molar-refractivity contribution in [1.82, 2.24) is 0 Å². The highest BCUT2D eigenvalue weighted by atomic mass is 127. The molecule has 0 unspecified atom stereocenters. The molecule has 102 valence electrons. The van der Waals surface area contributed by atoms with Gasteiger partial charge in [-0.1, -0.05) is 0 Å². The van der Waals surface area contributed by atoms with Crippen LogP contribution in [0, 0.1) is 0 Å². The summed E-state index contributed by atoms with van der Waals surface area (Å²) in [6.07, 6.45) is 0.977. The molecule has 9 heteroatoms. The molecule has 0 saturated carbocycles. The van der Waals surface area contributed by atoms with E-state index in [0.29, 0.717) is 6.42 Å². The molecule has 0 aromatic rings. The molecule has 2 N–H and O–H groups in total. The minimum Gasteiger partial charge on any atom is -0.377 e. The second kappa shape index (κ2) is 6.34. The lowest BCUT2D eigenvalue weighted by Gasteiger charge is -2.43.